The van der Waals surface area contributed by atoms with E-state index in [1.54, 1.807) is 27.0 Å². The average Bonchev–Trinajstić information content (AvgIpc) is 2.47. The second-order valence-corrected chi connectivity index (χ2v) is 4.41. The Kier molecular flexibility index (Phi) is 3.19. The average molecular weight is 211 g/mol. The Morgan fingerprint density at radius 2 is 2.20 bits per heavy atom. The van der Waals surface area contributed by atoms with Gasteiger partial charge in [0.1, 0.15) is 0 Å². The van der Waals surface area contributed by atoms with Crippen molar-refractivity contribution in [2.24, 2.45) is 0 Å². The van der Waals surface area contributed by atoms with E-state index in [1.807, 2.05) is 6.92 Å². The lowest BCUT2D eigenvalue weighted by atomic mass is 10.1. The van der Waals surface area contributed by atoms with Crippen LogP contribution >= 0.6 is 0 Å². The minimum Gasteiger partial charge on any atom is -0.459 e. The molecule has 4 heteroatoms. The number of aliphatic hydroxyl groups is 1. The Morgan fingerprint density at radius 1 is 1.60 bits per heavy atom. The number of carbonyl (C=O) groups is 1. The first kappa shape index (κ1) is 11.8. The Morgan fingerprint density at radius 3 is 2.60 bits per heavy atom. The molecular weight excluding hydrogens is 194 g/mol. The summed E-state index contributed by atoms with van der Waals surface area (Å²) in [5, 5.41) is 9.58. The van der Waals surface area contributed by atoms with Gasteiger partial charge in [-0.25, -0.2) is 0 Å². The number of furan rings is 1. The SMILES string of the molecule is Cc1ccoc1C(=O)N(C)CC(C)(C)O. The molecule has 0 aliphatic heterocycles. The molecule has 0 atom stereocenters. The first-order chi connectivity index (χ1) is 6.81. The fraction of sp³-hybridized carbons (Fsp3) is 0.545. The van der Waals surface area contributed by atoms with Crippen molar-refractivity contribution in [2.45, 2.75) is 26.4 Å². The van der Waals surface area contributed by atoms with Gasteiger partial charge in [-0.1, -0.05) is 0 Å². The summed E-state index contributed by atoms with van der Waals surface area (Å²) in [7, 11) is 1.64. The summed E-state index contributed by atoms with van der Waals surface area (Å²) in [4.78, 5) is 13.3. The van der Waals surface area contributed by atoms with Gasteiger partial charge in [0.15, 0.2) is 5.76 Å². The number of rotatable bonds is 3. The van der Waals surface area contributed by atoms with Crippen molar-refractivity contribution in [1.29, 1.82) is 0 Å². The molecule has 0 unspecified atom stereocenters. The summed E-state index contributed by atoms with van der Waals surface area (Å²) >= 11 is 0. The molecule has 0 aromatic carbocycles. The molecule has 0 saturated carbocycles. The van der Waals surface area contributed by atoms with Gasteiger partial charge in [-0.15, -0.1) is 0 Å². The highest BCUT2D eigenvalue weighted by Gasteiger charge is 2.22. The van der Waals surface area contributed by atoms with Crippen LogP contribution in [-0.4, -0.2) is 35.1 Å². The quantitative estimate of drug-likeness (QED) is 0.822. The molecule has 1 heterocycles. The molecule has 0 fully saturated rings. The van der Waals surface area contributed by atoms with Crippen LogP contribution in [0.25, 0.3) is 0 Å². The lowest BCUT2D eigenvalue weighted by Crippen LogP contribution is -2.39. The van der Waals surface area contributed by atoms with Gasteiger partial charge < -0.3 is 14.4 Å². The van der Waals surface area contributed by atoms with Crippen molar-refractivity contribution in [2.75, 3.05) is 13.6 Å². The van der Waals surface area contributed by atoms with E-state index in [1.165, 1.54) is 11.2 Å². The molecule has 0 radical (unpaired) electrons. The number of hydrogen-bond acceptors (Lipinski definition) is 3. The molecule has 1 aromatic heterocycles. The van der Waals surface area contributed by atoms with Gasteiger partial charge in [0.25, 0.3) is 5.91 Å². The second kappa shape index (κ2) is 4.06. The van der Waals surface area contributed by atoms with Crippen molar-refractivity contribution < 1.29 is 14.3 Å². The molecule has 0 spiro atoms. The molecular formula is C11H17NO3. The van der Waals surface area contributed by atoms with Gasteiger partial charge in [0, 0.05) is 19.2 Å². The maximum absolute atomic E-state index is 11.8. The normalized spacial score (nSPS) is 11.5. The molecule has 0 saturated heterocycles. The summed E-state index contributed by atoms with van der Waals surface area (Å²) in [6.45, 7) is 5.40. The van der Waals surface area contributed by atoms with Crippen LogP contribution in [-0.2, 0) is 0 Å². The summed E-state index contributed by atoms with van der Waals surface area (Å²) in [6.07, 6.45) is 1.49. The topological polar surface area (TPSA) is 53.7 Å². The summed E-state index contributed by atoms with van der Waals surface area (Å²) in [6, 6.07) is 1.74. The van der Waals surface area contributed by atoms with E-state index >= 15 is 0 Å². The van der Waals surface area contributed by atoms with Crippen LogP contribution in [0.5, 0.6) is 0 Å². The maximum Gasteiger partial charge on any atom is 0.289 e. The van der Waals surface area contributed by atoms with Crippen LogP contribution in [0.15, 0.2) is 16.7 Å². The van der Waals surface area contributed by atoms with Crippen molar-refractivity contribution >= 4 is 5.91 Å². The van der Waals surface area contributed by atoms with E-state index in [0.29, 0.717) is 5.76 Å². The predicted molar refractivity (Wildman–Crippen MR) is 56.7 cm³/mol. The fourth-order valence-corrected chi connectivity index (χ4v) is 1.42. The van der Waals surface area contributed by atoms with Crippen LogP contribution in [0.1, 0.15) is 30.0 Å². The van der Waals surface area contributed by atoms with Gasteiger partial charge in [0.05, 0.1) is 11.9 Å². The maximum atomic E-state index is 11.8. The van der Waals surface area contributed by atoms with Crippen LogP contribution in [0.2, 0.25) is 0 Å². The largest absolute Gasteiger partial charge is 0.459 e. The zero-order valence-corrected chi connectivity index (χ0v) is 9.57. The minimum absolute atomic E-state index is 0.209. The standard InChI is InChI=1S/C11H17NO3/c1-8-5-6-15-9(8)10(13)12(4)7-11(2,3)14/h5-6,14H,7H2,1-4H3. The van der Waals surface area contributed by atoms with E-state index in [9.17, 15) is 9.90 Å². The Hall–Kier alpha value is -1.29. The van der Waals surface area contributed by atoms with E-state index in [0.717, 1.165) is 5.56 Å². The van der Waals surface area contributed by atoms with Gasteiger partial charge in [-0.3, -0.25) is 4.79 Å². The highest BCUT2D eigenvalue weighted by molar-refractivity contribution is 5.92. The molecule has 1 aromatic rings. The zero-order chi connectivity index (χ0) is 11.6. The van der Waals surface area contributed by atoms with Crippen LogP contribution in [0, 0.1) is 6.92 Å². The number of likely N-dealkylation sites (N-methyl/N-ethyl adjacent to an activating group) is 1. The predicted octanol–water partition coefficient (Wildman–Crippen LogP) is 1.43. The molecule has 0 aliphatic carbocycles. The van der Waals surface area contributed by atoms with E-state index in [-0.39, 0.29) is 12.5 Å². The van der Waals surface area contributed by atoms with Gasteiger partial charge >= 0.3 is 0 Å². The van der Waals surface area contributed by atoms with Gasteiger partial charge in [-0.2, -0.15) is 0 Å². The van der Waals surface area contributed by atoms with Gasteiger partial charge in [-0.05, 0) is 26.8 Å². The first-order valence-electron chi connectivity index (χ1n) is 4.83. The van der Waals surface area contributed by atoms with Gasteiger partial charge in [0.2, 0.25) is 0 Å². The number of nitrogens with zero attached hydrogens (tertiary/aromatic N) is 1. The van der Waals surface area contributed by atoms with E-state index in [4.69, 9.17) is 4.42 Å². The molecule has 1 rings (SSSR count). The Bertz CT molecular complexity index is 349. The van der Waals surface area contributed by atoms with Crippen LogP contribution in [0.3, 0.4) is 0 Å². The highest BCUT2D eigenvalue weighted by Crippen LogP contribution is 2.13. The summed E-state index contributed by atoms with van der Waals surface area (Å²) in [5.74, 6) is 0.126. The molecule has 15 heavy (non-hydrogen) atoms. The number of carbonyl (C=O) groups excluding carboxylic acids is 1. The zero-order valence-electron chi connectivity index (χ0n) is 9.57. The van der Waals surface area contributed by atoms with Crippen molar-refractivity contribution in [3.63, 3.8) is 0 Å². The molecule has 4 nitrogen and oxygen atoms in total. The molecule has 0 bridgehead atoms. The summed E-state index contributed by atoms with van der Waals surface area (Å²) < 4.78 is 5.09. The minimum atomic E-state index is -0.898. The molecule has 1 N–H and O–H groups in total. The number of aryl methyl sites for hydroxylation is 1. The van der Waals surface area contributed by atoms with Crippen LogP contribution in [0.4, 0.5) is 0 Å². The molecule has 84 valence electrons. The molecule has 0 aliphatic rings. The van der Waals surface area contributed by atoms with Crippen molar-refractivity contribution in [3.05, 3.63) is 23.7 Å². The number of hydrogen-bond donors (Lipinski definition) is 1. The Balaban J connectivity index is 2.74. The second-order valence-electron chi connectivity index (χ2n) is 4.41. The van der Waals surface area contributed by atoms with Crippen molar-refractivity contribution in [3.8, 4) is 0 Å². The van der Waals surface area contributed by atoms with E-state index in [2.05, 4.69) is 0 Å². The lowest BCUT2D eigenvalue weighted by molar-refractivity contribution is 0.0351. The summed E-state index contributed by atoms with van der Waals surface area (Å²) in [5.41, 5.74) is -0.0899. The van der Waals surface area contributed by atoms with E-state index < -0.39 is 5.60 Å². The highest BCUT2D eigenvalue weighted by atomic mass is 16.3. The third-order valence-corrected chi connectivity index (χ3v) is 2.03. The smallest absolute Gasteiger partial charge is 0.289 e. The monoisotopic (exact) mass is 211 g/mol. The third-order valence-electron chi connectivity index (χ3n) is 2.03. The Labute approximate surface area is 89.5 Å². The molecule has 1 amide bonds. The fourth-order valence-electron chi connectivity index (χ4n) is 1.42. The van der Waals surface area contributed by atoms with Crippen molar-refractivity contribution in [1.82, 2.24) is 4.90 Å². The lowest BCUT2D eigenvalue weighted by Gasteiger charge is -2.24. The first-order valence-corrected chi connectivity index (χ1v) is 4.83. The third kappa shape index (κ3) is 3.09. The number of amides is 1. The van der Waals surface area contributed by atoms with Crippen LogP contribution < -0.4 is 0 Å².